The molecule has 1 aromatic heterocycles. The molecule has 0 atom stereocenters. The number of carbonyl (C=O) groups is 4. The van der Waals surface area contributed by atoms with Crippen LogP contribution >= 0.6 is 0 Å². The Labute approximate surface area is 144 Å². The van der Waals surface area contributed by atoms with Crippen LogP contribution in [0.15, 0.2) is 24.4 Å². The van der Waals surface area contributed by atoms with Gasteiger partial charge in [-0.15, -0.1) is 0 Å². The molecule has 1 heterocycles. The van der Waals surface area contributed by atoms with Crippen LogP contribution in [0, 0.1) is 11.8 Å². The number of hydrogen-bond acceptors (Lipinski definition) is 9. The minimum atomic E-state index is -1.62. The molecule has 0 saturated heterocycles. The summed E-state index contributed by atoms with van der Waals surface area (Å²) in [4.78, 5) is 52.8. The van der Waals surface area contributed by atoms with Crippen LogP contribution in [-0.2, 0) is 38.1 Å². The van der Waals surface area contributed by atoms with Crippen molar-refractivity contribution in [3.8, 4) is 0 Å². The Morgan fingerprint density at radius 2 is 1.16 bits per heavy atom. The molecule has 0 bridgehead atoms. The maximum atomic E-state index is 12.2. The van der Waals surface area contributed by atoms with E-state index >= 15 is 0 Å². The molecule has 0 saturated carbocycles. The van der Waals surface area contributed by atoms with Gasteiger partial charge >= 0.3 is 23.9 Å². The maximum absolute atomic E-state index is 12.2. The van der Waals surface area contributed by atoms with Crippen molar-refractivity contribution in [1.82, 2.24) is 4.98 Å². The van der Waals surface area contributed by atoms with Crippen LogP contribution in [0.2, 0.25) is 0 Å². The van der Waals surface area contributed by atoms with Gasteiger partial charge in [-0.1, -0.05) is 6.07 Å². The number of ether oxygens (including phenoxy) is 4. The van der Waals surface area contributed by atoms with E-state index in [9.17, 15) is 19.2 Å². The highest BCUT2D eigenvalue weighted by atomic mass is 16.6. The van der Waals surface area contributed by atoms with E-state index in [1.54, 1.807) is 12.1 Å². The van der Waals surface area contributed by atoms with Gasteiger partial charge in [-0.3, -0.25) is 24.2 Å². The van der Waals surface area contributed by atoms with Crippen molar-refractivity contribution in [3.05, 3.63) is 30.1 Å². The second-order valence-corrected chi connectivity index (χ2v) is 4.83. The SMILES string of the molecule is COC(=O)C(C(=O)OC)C(c1ccccn1)C(C(=O)OC)C(=O)OC. The Morgan fingerprint density at radius 3 is 1.44 bits per heavy atom. The van der Waals surface area contributed by atoms with Gasteiger partial charge in [0.25, 0.3) is 0 Å². The van der Waals surface area contributed by atoms with Crippen molar-refractivity contribution < 1.29 is 38.1 Å². The smallest absolute Gasteiger partial charge is 0.320 e. The molecule has 0 amide bonds. The maximum Gasteiger partial charge on any atom is 0.320 e. The zero-order chi connectivity index (χ0) is 19.0. The summed E-state index contributed by atoms with van der Waals surface area (Å²) in [5.74, 6) is -8.51. The van der Waals surface area contributed by atoms with Crippen molar-refractivity contribution in [3.63, 3.8) is 0 Å². The Bertz CT molecular complexity index is 562. The zero-order valence-electron chi connectivity index (χ0n) is 14.3. The third-order valence-corrected chi connectivity index (χ3v) is 3.57. The van der Waals surface area contributed by atoms with E-state index in [2.05, 4.69) is 23.9 Å². The number of pyridine rings is 1. The van der Waals surface area contributed by atoms with Crippen LogP contribution in [0.3, 0.4) is 0 Å². The first-order chi connectivity index (χ1) is 11.9. The van der Waals surface area contributed by atoms with Crippen LogP contribution < -0.4 is 0 Å². The van der Waals surface area contributed by atoms with Crippen LogP contribution in [0.5, 0.6) is 0 Å². The fourth-order valence-corrected chi connectivity index (χ4v) is 2.39. The molecule has 0 aromatic carbocycles. The second kappa shape index (κ2) is 9.36. The molecule has 9 nitrogen and oxygen atoms in total. The van der Waals surface area contributed by atoms with Gasteiger partial charge in [-0.05, 0) is 12.1 Å². The van der Waals surface area contributed by atoms with Crippen molar-refractivity contribution in [1.29, 1.82) is 0 Å². The zero-order valence-corrected chi connectivity index (χ0v) is 14.3. The quantitative estimate of drug-likeness (QED) is 0.382. The molecule has 9 heteroatoms. The fourth-order valence-electron chi connectivity index (χ4n) is 2.39. The van der Waals surface area contributed by atoms with Gasteiger partial charge in [0.2, 0.25) is 0 Å². The predicted molar refractivity (Wildman–Crippen MR) is 82.0 cm³/mol. The summed E-state index contributed by atoms with van der Waals surface area (Å²) in [6.45, 7) is 0. The summed E-state index contributed by atoms with van der Waals surface area (Å²) in [5, 5.41) is 0. The van der Waals surface area contributed by atoms with E-state index in [0.717, 1.165) is 28.4 Å². The van der Waals surface area contributed by atoms with Gasteiger partial charge in [0.1, 0.15) is 0 Å². The summed E-state index contributed by atoms with van der Waals surface area (Å²) in [7, 11) is 4.27. The van der Waals surface area contributed by atoms with Crippen molar-refractivity contribution in [2.24, 2.45) is 11.8 Å². The highest BCUT2D eigenvalue weighted by molar-refractivity contribution is 6.01. The van der Waals surface area contributed by atoms with Crippen molar-refractivity contribution in [2.45, 2.75) is 5.92 Å². The van der Waals surface area contributed by atoms with Gasteiger partial charge < -0.3 is 18.9 Å². The molecular formula is C16H19NO8. The molecule has 1 aromatic rings. The predicted octanol–water partition coefficient (Wildman–Crippen LogP) is 0.0896. The first-order valence-electron chi connectivity index (χ1n) is 7.15. The Balaban J connectivity index is 3.60. The average molecular weight is 353 g/mol. The largest absolute Gasteiger partial charge is 0.468 e. The monoisotopic (exact) mass is 353 g/mol. The summed E-state index contributed by atoms with van der Waals surface area (Å²) in [6, 6.07) is 4.63. The summed E-state index contributed by atoms with van der Waals surface area (Å²) < 4.78 is 18.6. The van der Waals surface area contributed by atoms with Crippen LogP contribution in [-0.4, -0.2) is 57.3 Å². The number of rotatable bonds is 7. The standard InChI is InChI=1S/C16H19NO8/c1-22-13(18)11(14(19)23-2)10(9-7-5-6-8-17-9)12(15(20)24-3)16(21)25-4/h5-8,10-12H,1-4H3. The normalized spacial score (nSPS) is 10.5. The minimum absolute atomic E-state index is 0.129. The Hall–Kier alpha value is -2.97. The molecule has 0 spiro atoms. The topological polar surface area (TPSA) is 118 Å². The number of methoxy groups -OCH3 is 4. The van der Waals surface area contributed by atoms with Gasteiger partial charge in [-0.25, -0.2) is 0 Å². The summed E-state index contributed by atoms with van der Waals surface area (Å²) in [5.41, 5.74) is 0.129. The molecule has 25 heavy (non-hydrogen) atoms. The molecule has 0 fully saturated rings. The van der Waals surface area contributed by atoms with E-state index < -0.39 is 41.6 Å². The highest BCUT2D eigenvalue weighted by Gasteiger charge is 2.49. The van der Waals surface area contributed by atoms with Crippen molar-refractivity contribution >= 4 is 23.9 Å². The number of nitrogens with zero attached hydrogens (tertiary/aromatic N) is 1. The van der Waals surface area contributed by atoms with Crippen molar-refractivity contribution in [2.75, 3.05) is 28.4 Å². The summed E-state index contributed by atoms with van der Waals surface area (Å²) in [6.07, 6.45) is 1.39. The van der Waals surface area contributed by atoms with E-state index in [1.807, 2.05) is 0 Å². The molecule has 136 valence electrons. The van der Waals surface area contributed by atoms with Gasteiger partial charge in [0, 0.05) is 17.8 Å². The molecule has 1 rings (SSSR count). The van der Waals surface area contributed by atoms with E-state index in [-0.39, 0.29) is 5.69 Å². The lowest BCUT2D eigenvalue weighted by Crippen LogP contribution is -2.42. The molecule has 0 unspecified atom stereocenters. The van der Waals surface area contributed by atoms with Crippen LogP contribution in [0.1, 0.15) is 11.6 Å². The van der Waals surface area contributed by atoms with Gasteiger partial charge in [-0.2, -0.15) is 0 Å². The average Bonchev–Trinajstić information content (AvgIpc) is 2.66. The molecular weight excluding hydrogens is 334 g/mol. The Kier molecular flexibility index (Phi) is 7.51. The number of hydrogen-bond donors (Lipinski definition) is 0. The first-order valence-corrected chi connectivity index (χ1v) is 7.15. The lowest BCUT2D eigenvalue weighted by molar-refractivity contribution is -0.166. The minimum Gasteiger partial charge on any atom is -0.468 e. The van der Waals surface area contributed by atoms with Gasteiger partial charge in [0.05, 0.1) is 28.4 Å². The van der Waals surface area contributed by atoms with Crippen LogP contribution in [0.25, 0.3) is 0 Å². The van der Waals surface area contributed by atoms with E-state index in [1.165, 1.54) is 12.3 Å². The second-order valence-electron chi connectivity index (χ2n) is 4.83. The van der Waals surface area contributed by atoms with Gasteiger partial charge in [0.15, 0.2) is 11.8 Å². The summed E-state index contributed by atoms with van der Waals surface area (Å²) >= 11 is 0. The fraction of sp³-hybridized carbons (Fsp3) is 0.438. The molecule has 0 N–H and O–H groups in total. The number of esters is 4. The Morgan fingerprint density at radius 1 is 0.760 bits per heavy atom. The first kappa shape index (κ1) is 20.1. The number of carbonyl (C=O) groups excluding carboxylic acids is 4. The molecule has 0 aliphatic carbocycles. The van der Waals surface area contributed by atoms with E-state index in [0.29, 0.717) is 0 Å². The molecule has 0 aliphatic heterocycles. The van der Waals surface area contributed by atoms with Crippen LogP contribution in [0.4, 0.5) is 0 Å². The number of aromatic nitrogens is 1. The molecule has 0 aliphatic rings. The molecule has 0 radical (unpaired) electrons. The third-order valence-electron chi connectivity index (χ3n) is 3.57. The lowest BCUT2D eigenvalue weighted by atomic mass is 9.78. The lowest BCUT2D eigenvalue weighted by Gasteiger charge is -2.27. The van der Waals surface area contributed by atoms with E-state index in [4.69, 9.17) is 0 Å². The third kappa shape index (κ3) is 4.52. The highest BCUT2D eigenvalue weighted by Crippen LogP contribution is 2.34.